The highest BCUT2D eigenvalue weighted by atomic mass is 16.1. The summed E-state index contributed by atoms with van der Waals surface area (Å²) in [6, 6.07) is 15.7. The molecule has 3 nitrogen and oxygen atoms in total. The maximum atomic E-state index is 11.7. The van der Waals surface area contributed by atoms with Gasteiger partial charge in [-0.3, -0.25) is 9.69 Å². The van der Waals surface area contributed by atoms with Crippen molar-refractivity contribution in [2.75, 3.05) is 6.54 Å². The number of hydrogen-bond donors (Lipinski definition) is 1. The van der Waals surface area contributed by atoms with Gasteiger partial charge in [-0.05, 0) is 73.9 Å². The molecule has 2 atom stereocenters. The number of amides is 1. The van der Waals surface area contributed by atoms with Crippen molar-refractivity contribution in [3.63, 3.8) is 0 Å². The Morgan fingerprint density at radius 3 is 2.72 bits per heavy atom. The predicted octanol–water partition coefficient (Wildman–Crippen LogP) is 3.79. The molecule has 2 N–H and O–H groups in total. The Balaban J connectivity index is 1.61. The van der Waals surface area contributed by atoms with Crippen LogP contribution in [-0.4, -0.2) is 29.4 Å². The molecule has 0 spiro atoms. The van der Waals surface area contributed by atoms with Gasteiger partial charge in [-0.25, -0.2) is 0 Å². The summed E-state index contributed by atoms with van der Waals surface area (Å²) in [5.41, 5.74) is 11.1. The van der Waals surface area contributed by atoms with E-state index >= 15 is 0 Å². The quantitative estimate of drug-likeness (QED) is 0.928. The Morgan fingerprint density at radius 2 is 1.96 bits per heavy atom. The number of nitrogens with two attached hydrogens (primary N) is 1. The van der Waals surface area contributed by atoms with Gasteiger partial charge in [0.1, 0.15) is 0 Å². The smallest absolute Gasteiger partial charge is 0.249 e. The second-order valence-corrected chi connectivity index (χ2v) is 7.52. The zero-order valence-corrected chi connectivity index (χ0v) is 14.9. The van der Waals surface area contributed by atoms with E-state index in [9.17, 15) is 4.79 Å². The summed E-state index contributed by atoms with van der Waals surface area (Å²) >= 11 is 0. The summed E-state index contributed by atoms with van der Waals surface area (Å²) in [6.45, 7) is 3.62. The van der Waals surface area contributed by atoms with Gasteiger partial charge in [-0.2, -0.15) is 0 Å². The molecule has 1 saturated heterocycles. The highest BCUT2D eigenvalue weighted by Crippen LogP contribution is 2.32. The fourth-order valence-electron chi connectivity index (χ4n) is 4.63. The van der Waals surface area contributed by atoms with Gasteiger partial charge >= 0.3 is 0 Å². The first-order chi connectivity index (χ1) is 12.1. The number of carbonyl (C=O) groups is 1. The fraction of sp³-hybridized carbons (Fsp3) is 0.409. The van der Waals surface area contributed by atoms with Crippen LogP contribution in [0.25, 0.3) is 11.1 Å². The van der Waals surface area contributed by atoms with Crippen molar-refractivity contribution in [1.29, 1.82) is 0 Å². The number of primary amides is 1. The highest BCUT2D eigenvalue weighted by Gasteiger charge is 2.30. The zero-order chi connectivity index (χ0) is 17.4. The van der Waals surface area contributed by atoms with Crippen LogP contribution in [0.3, 0.4) is 0 Å². The molecule has 1 aliphatic carbocycles. The lowest BCUT2D eigenvalue weighted by Crippen LogP contribution is -2.41. The Morgan fingerprint density at radius 1 is 1.12 bits per heavy atom. The van der Waals surface area contributed by atoms with E-state index in [0.717, 1.165) is 30.0 Å². The van der Waals surface area contributed by atoms with E-state index in [1.165, 1.54) is 36.9 Å². The van der Waals surface area contributed by atoms with E-state index in [4.69, 9.17) is 5.73 Å². The summed E-state index contributed by atoms with van der Waals surface area (Å²) in [5, 5.41) is 0. The van der Waals surface area contributed by atoms with Crippen LogP contribution in [-0.2, 0) is 12.8 Å². The number of hydrogen-bond acceptors (Lipinski definition) is 2. The highest BCUT2D eigenvalue weighted by molar-refractivity contribution is 5.99. The van der Waals surface area contributed by atoms with Crippen LogP contribution in [0.15, 0.2) is 42.5 Å². The summed E-state index contributed by atoms with van der Waals surface area (Å²) < 4.78 is 0. The average Bonchev–Trinajstić information content (AvgIpc) is 3.07. The molecule has 1 fully saturated rings. The van der Waals surface area contributed by atoms with Crippen molar-refractivity contribution in [1.82, 2.24) is 4.90 Å². The van der Waals surface area contributed by atoms with Crippen molar-refractivity contribution in [3.8, 4) is 11.1 Å². The fourth-order valence-corrected chi connectivity index (χ4v) is 4.63. The maximum absolute atomic E-state index is 11.7. The second kappa shape index (κ2) is 6.64. The lowest BCUT2D eigenvalue weighted by Gasteiger charge is -2.35. The molecular formula is C22H26N2O. The van der Waals surface area contributed by atoms with E-state index in [2.05, 4.69) is 30.0 Å². The minimum atomic E-state index is -0.364. The molecular weight excluding hydrogens is 308 g/mol. The number of aryl methyl sites for hydroxylation is 1. The van der Waals surface area contributed by atoms with Crippen molar-refractivity contribution < 1.29 is 4.79 Å². The van der Waals surface area contributed by atoms with Crippen LogP contribution in [0.2, 0.25) is 0 Å². The van der Waals surface area contributed by atoms with Gasteiger partial charge in [0.2, 0.25) is 5.91 Å². The SMILES string of the molecule is C[C@@H]1CCCN1[C@H]1CCc2cc(-c3ccccc3C(N)=O)ccc2C1. The van der Waals surface area contributed by atoms with Crippen molar-refractivity contribution in [3.05, 3.63) is 59.2 Å². The molecule has 2 aromatic carbocycles. The first kappa shape index (κ1) is 16.3. The molecule has 1 aliphatic heterocycles. The molecule has 2 aliphatic rings. The molecule has 25 heavy (non-hydrogen) atoms. The Bertz CT molecular complexity index is 798. The summed E-state index contributed by atoms with van der Waals surface area (Å²) in [6.07, 6.45) is 6.19. The van der Waals surface area contributed by atoms with E-state index in [0.29, 0.717) is 11.6 Å². The molecule has 1 heterocycles. The topological polar surface area (TPSA) is 46.3 Å². The first-order valence-electron chi connectivity index (χ1n) is 9.40. The van der Waals surface area contributed by atoms with Gasteiger partial charge in [-0.1, -0.05) is 36.4 Å². The zero-order valence-electron chi connectivity index (χ0n) is 14.9. The molecule has 0 bridgehead atoms. The van der Waals surface area contributed by atoms with Gasteiger partial charge in [0, 0.05) is 17.6 Å². The van der Waals surface area contributed by atoms with Crippen LogP contribution in [0.4, 0.5) is 0 Å². The Kier molecular flexibility index (Phi) is 4.34. The predicted molar refractivity (Wildman–Crippen MR) is 102 cm³/mol. The van der Waals surface area contributed by atoms with Gasteiger partial charge in [0.25, 0.3) is 0 Å². The van der Waals surface area contributed by atoms with Crippen LogP contribution in [0, 0.1) is 0 Å². The summed E-state index contributed by atoms with van der Waals surface area (Å²) in [7, 11) is 0. The van der Waals surface area contributed by atoms with Crippen molar-refractivity contribution >= 4 is 5.91 Å². The molecule has 0 unspecified atom stereocenters. The number of nitrogens with zero attached hydrogens (tertiary/aromatic N) is 1. The number of rotatable bonds is 3. The van der Waals surface area contributed by atoms with Crippen molar-refractivity contribution in [2.45, 2.75) is 51.1 Å². The lowest BCUT2D eigenvalue weighted by atomic mass is 9.85. The second-order valence-electron chi connectivity index (χ2n) is 7.52. The Labute approximate surface area is 149 Å². The third-order valence-corrected chi connectivity index (χ3v) is 5.99. The van der Waals surface area contributed by atoms with Gasteiger partial charge in [0.05, 0.1) is 0 Å². The number of benzene rings is 2. The van der Waals surface area contributed by atoms with E-state index in [1.807, 2.05) is 24.3 Å². The molecule has 0 saturated carbocycles. The van der Waals surface area contributed by atoms with Crippen molar-refractivity contribution in [2.24, 2.45) is 5.73 Å². The summed E-state index contributed by atoms with van der Waals surface area (Å²) in [4.78, 5) is 14.4. The molecule has 4 rings (SSSR count). The van der Waals surface area contributed by atoms with E-state index in [-0.39, 0.29) is 5.91 Å². The average molecular weight is 334 g/mol. The minimum Gasteiger partial charge on any atom is -0.366 e. The van der Waals surface area contributed by atoms with Crippen LogP contribution in [0.1, 0.15) is 47.7 Å². The van der Waals surface area contributed by atoms with Gasteiger partial charge < -0.3 is 5.73 Å². The number of likely N-dealkylation sites (tertiary alicyclic amines) is 1. The third-order valence-electron chi connectivity index (χ3n) is 5.99. The third kappa shape index (κ3) is 3.09. The minimum absolute atomic E-state index is 0.364. The largest absolute Gasteiger partial charge is 0.366 e. The molecule has 130 valence electrons. The van der Waals surface area contributed by atoms with Crippen LogP contribution < -0.4 is 5.73 Å². The lowest BCUT2D eigenvalue weighted by molar-refractivity contribution is 0.100. The van der Waals surface area contributed by atoms with E-state index in [1.54, 1.807) is 0 Å². The van der Waals surface area contributed by atoms with Gasteiger partial charge in [0.15, 0.2) is 0 Å². The van der Waals surface area contributed by atoms with E-state index < -0.39 is 0 Å². The monoisotopic (exact) mass is 334 g/mol. The molecule has 1 amide bonds. The standard InChI is InChI=1S/C22H26N2O/c1-15-5-4-12-24(15)19-11-10-16-13-18(9-8-17(16)14-19)20-6-2-3-7-21(20)22(23)25/h2-3,6-9,13,15,19H,4-5,10-12,14H2,1H3,(H2,23,25)/t15-,19+/m1/s1. The molecule has 0 radical (unpaired) electrons. The molecule has 2 aromatic rings. The van der Waals surface area contributed by atoms with Crippen LogP contribution in [0.5, 0.6) is 0 Å². The number of carbonyl (C=O) groups excluding carboxylic acids is 1. The van der Waals surface area contributed by atoms with Gasteiger partial charge in [-0.15, -0.1) is 0 Å². The van der Waals surface area contributed by atoms with Crippen LogP contribution >= 0.6 is 0 Å². The maximum Gasteiger partial charge on any atom is 0.249 e. The number of fused-ring (bicyclic) bond motifs is 1. The molecule has 0 aromatic heterocycles. The summed E-state index contributed by atoms with van der Waals surface area (Å²) in [5.74, 6) is -0.364. The Hall–Kier alpha value is -2.13. The first-order valence-corrected chi connectivity index (χ1v) is 9.40. The normalized spacial score (nSPS) is 23.4. The molecule has 3 heteroatoms.